The average Bonchev–Trinajstić information content (AvgIpc) is 2.59. The van der Waals surface area contributed by atoms with Crippen LogP contribution < -0.4 is 19.5 Å². The van der Waals surface area contributed by atoms with Crippen LogP contribution in [0.15, 0.2) is 12.1 Å². The quantitative estimate of drug-likeness (QED) is 0.871. The topological polar surface area (TPSA) is 56.8 Å². The van der Waals surface area contributed by atoms with Gasteiger partial charge in [0.2, 0.25) is 5.75 Å². The number of hydrogen-bond donors (Lipinski definition) is 1. The van der Waals surface area contributed by atoms with Crippen molar-refractivity contribution in [3.8, 4) is 17.2 Å². The van der Waals surface area contributed by atoms with E-state index in [-0.39, 0.29) is 11.9 Å². The zero-order chi connectivity index (χ0) is 18.6. The van der Waals surface area contributed by atoms with Crippen molar-refractivity contribution in [1.82, 2.24) is 5.32 Å². The Balaban J connectivity index is 2.07. The Bertz CT molecular complexity index is 573. The molecule has 0 aliphatic heterocycles. The minimum absolute atomic E-state index is 0.0986. The molecule has 1 fully saturated rings. The molecule has 1 N–H and O–H groups in total. The Kier molecular flexibility index (Phi) is 6.20. The fourth-order valence-corrected chi connectivity index (χ4v) is 3.58. The predicted octanol–water partition coefficient (Wildman–Crippen LogP) is 4.05. The lowest BCUT2D eigenvalue weighted by molar-refractivity contribution is 0.0903. The summed E-state index contributed by atoms with van der Waals surface area (Å²) in [6, 6.07) is 3.61. The van der Waals surface area contributed by atoms with E-state index in [9.17, 15) is 4.79 Å². The van der Waals surface area contributed by atoms with Crippen molar-refractivity contribution >= 4 is 5.91 Å². The van der Waals surface area contributed by atoms with Crippen LogP contribution in [0.1, 0.15) is 56.8 Å². The second-order valence-corrected chi connectivity index (χ2v) is 7.80. The Morgan fingerprint density at radius 2 is 1.48 bits per heavy atom. The van der Waals surface area contributed by atoms with Crippen LogP contribution in [0.25, 0.3) is 0 Å². The molecule has 0 radical (unpaired) electrons. The van der Waals surface area contributed by atoms with Gasteiger partial charge in [-0.1, -0.05) is 20.8 Å². The summed E-state index contributed by atoms with van der Waals surface area (Å²) < 4.78 is 16.0. The monoisotopic (exact) mass is 349 g/mol. The van der Waals surface area contributed by atoms with Gasteiger partial charge in [0.15, 0.2) is 11.5 Å². The number of benzene rings is 1. The first-order chi connectivity index (χ1) is 11.8. The maximum Gasteiger partial charge on any atom is 0.251 e. The number of ether oxygens (including phenoxy) is 3. The first-order valence-corrected chi connectivity index (χ1v) is 8.91. The van der Waals surface area contributed by atoms with Gasteiger partial charge in [0.1, 0.15) is 0 Å². The standard InChI is InChI=1S/C20H31NO4/c1-20(2,3)14-7-9-15(10-8-14)21-19(22)13-11-16(23-4)18(25-6)17(12-13)24-5/h11-12,14-15H,7-10H2,1-6H3,(H,21,22). The Morgan fingerprint density at radius 1 is 0.960 bits per heavy atom. The van der Waals surface area contributed by atoms with Crippen molar-refractivity contribution in [3.05, 3.63) is 17.7 Å². The molecule has 5 heteroatoms. The van der Waals surface area contributed by atoms with Crippen molar-refractivity contribution in [2.24, 2.45) is 11.3 Å². The van der Waals surface area contributed by atoms with Crippen molar-refractivity contribution in [3.63, 3.8) is 0 Å². The third-order valence-corrected chi connectivity index (χ3v) is 5.21. The van der Waals surface area contributed by atoms with Crippen molar-refractivity contribution in [2.75, 3.05) is 21.3 Å². The van der Waals surface area contributed by atoms with Gasteiger partial charge in [0, 0.05) is 11.6 Å². The molecule has 0 heterocycles. The molecule has 0 bridgehead atoms. The average molecular weight is 349 g/mol. The normalized spacial score (nSPS) is 20.7. The van der Waals surface area contributed by atoms with E-state index < -0.39 is 0 Å². The van der Waals surface area contributed by atoms with Crippen LogP contribution in [-0.4, -0.2) is 33.3 Å². The van der Waals surface area contributed by atoms with Crippen LogP contribution in [0.5, 0.6) is 17.2 Å². The van der Waals surface area contributed by atoms with Gasteiger partial charge in [0.25, 0.3) is 5.91 Å². The van der Waals surface area contributed by atoms with Crippen molar-refractivity contribution < 1.29 is 19.0 Å². The number of carbonyl (C=O) groups is 1. The van der Waals surface area contributed by atoms with E-state index in [0.29, 0.717) is 28.2 Å². The highest BCUT2D eigenvalue weighted by molar-refractivity contribution is 5.95. The first-order valence-electron chi connectivity index (χ1n) is 8.91. The van der Waals surface area contributed by atoms with E-state index >= 15 is 0 Å². The number of hydrogen-bond acceptors (Lipinski definition) is 4. The molecule has 0 unspecified atom stereocenters. The number of methoxy groups -OCH3 is 3. The Morgan fingerprint density at radius 3 is 1.88 bits per heavy atom. The third-order valence-electron chi connectivity index (χ3n) is 5.21. The van der Waals surface area contributed by atoms with E-state index in [1.54, 1.807) is 33.5 Å². The van der Waals surface area contributed by atoms with E-state index in [2.05, 4.69) is 26.1 Å². The molecule has 1 amide bonds. The van der Waals surface area contributed by atoms with Crippen LogP contribution in [-0.2, 0) is 0 Å². The third kappa shape index (κ3) is 4.59. The smallest absolute Gasteiger partial charge is 0.251 e. The zero-order valence-electron chi connectivity index (χ0n) is 16.3. The minimum Gasteiger partial charge on any atom is -0.493 e. The molecule has 0 aromatic heterocycles. The van der Waals surface area contributed by atoms with E-state index in [4.69, 9.17) is 14.2 Å². The van der Waals surface area contributed by atoms with Crippen molar-refractivity contribution in [2.45, 2.75) is 52.5 Å². The summed E-state index contributed by atoms with van der Waals surface area (Å²) in [6.07, 6.45) is 4.36. The lowest BCUT2D eigenvalue weighted by Gasteiger charge is -2.37. The Hall–Kier alpha value is -1.91. The van der Waals surface area contributed by atoms with Gasteiger partial charge >= 0.3 is 0 Å². The largest absolute Gasteiger partial charge is 0.493 e. The summed E-state index contributed by atoms with van der Waals surface area (Å²) in [7, 11) is 4.65. The highest BCUT2D eigenvalue weighted by Crippen LogP contribution is 2.39. The summed E-state index contributed by atoms with van der Waals surface area (Å²) in [5.41, 5.74) is 0.860. The van der Waals surface area contributed by atoms with Crippen LogP contribution in [0, 0.1) is 11.3 Å². The van der Waals surface area contributed by atoms with Gasteiger partial charge in [0.05, 0.1) is 21.3 Å². The van der Waals surface area contributed by atoms with Gasteiger partial charge in [-0.25, -0.2) is 0 Å². The second kappa shape index (κ2) is 7.98. The number of rotatable bonds is 5. The number of nitrogens with one attached hydrogen (secondary N) is 1. The Labute approximate surface area is 151 Å². The first kappa shape index (κ1) is 19.4. The molecule has 0 atom stereocenters. The fraction of sp³-hybridized carbons (Fsp3) is 0.650. The molecule has 2 rings (SSSR count). The molecule has 25 heavy (non-hydrogen) atoms. The molecule has 1 aromatic rings. The van der Waals surface area contributed by atoms with Crippen LogP contribution in [0.2, 0.25) is 0 Å². The minimum atomic E-state index is -0.0986. The van der Waals surface area contributed by atoms with Gasteiger partial charge < -0.3 is 19.5 Å². The molecular formula is C20H31NO4. The van der Waals surface area contributed by atoms with Gasteiger partial charge in [-0.15, -0.1) is 0 Å². The maximum atomic E-state index is 12.7. The highest BCUT2D eigenvalue weighted by atomic mass is 16.5. The fourth-order valence-electron chi connectivity index (χ4n) is 3.58. The summed E-state index contributed by atoms with van der Waals surface area (Å²) in [6.45, 7) is 6.89. The van der Waals surface area contributed by atoms with Gasteiger partial charge in [-0.3, -0.25) is 4.79 Å². The van der Waals surface area contributed by atoms with Gasteiger partial charge in [-0.05, 0) is 49.1 Å². The van der Waals surface area contributed by atoms with E-state index in [1.807, 2.05) is 0 Å². The molecule has 140 valence electrons. The number of amides is 1. The zero-order valence-corrected chi connectivity index (χ0v) is 16.3. The lowest BCUT2D eigenvalue weighted by atomic mass is 9.71. The predicted molar refractivity (Wildman–Crippen MR) is 98.8 cm³/mol. The van der Waals surface area contributed by atoms with E-state index in [0.717, 1.165) is 31.6 Å². The molecule has 1 aliphatic carbocycles. The van der Waals surface area contributed by atoms with E-state index in [1.165, 1.54) is 0 Å². The van der Waals surface area contributed by atoms with Crippen LogP contribution in [0.4, 0.5) is 0 Å². The lowest BCUT2D eigenvalue weighted by Crippen LogP contribution is -2.39. The molecule has 5 nitrogen and oxygen atoms in total. The molecule has 0 spiro atoms. The molecule has 1 saturated carbocycles. The molecular weight excluding hydrogens is 318 g/mol. The van der Waals surface area contributed by atoms with Crippen LogP contribution in [0.3, 0.4) is 0 Å². The summed E-state index contributed by atoms with van der Waals surface area (Å²) in [4.78, 5) is 12.7. The summed E-state index contributed by atoms with van der Waals surface area (Å²) in [5.74, 6) is 2.10. The summed E-state index contributed by atoms with van der Waals surface area (Å²) >= 11 is 0. The van der Waals surface area contributed by atoms with Crippen LogP contribution >= 0.6 is 0 Å². The van der Waals surface area contributed by atoms with Gasteiger partial charge in [-0.2, -0.15) is 0 Å². The molecule has 0 saturated heterocycles. The molecule has 1 aromatic carbocycles. The summed E-state index contributed by atoms with van der Waals surface area (Å²) in [5, 5.41) is 3.16. The van der Waals surface area contributed by atoms with Crippen molar-refractivity contribution in [1.29, 1.82) is 0 Å². The second-order valence-electron chi connectivity index (χ2n) is 7.80. The SMILES string of the molecule is COc1cc(C(=O)NC2CCC(C(C)(C)C)CC2)cc(OC)c1OC. The molecule has 1 aliphatic rings. The number of carbonyl (C=O) groups excluding carboxylic acids is 1. The maximum absolute atomic E-state index is 12.7. The highest BCUT2D eigenvalue weighted by Gasteiger charge is 2.30.